The Morgan fingerprint density at radius 1 is 1.24 bits per heavy atom. The van der Waals surface area contributed by atoms with Gasteiger partial charge in [-0.05, 0) is 37.5 Å². The number of benzene rings is 1. The van der Waals surface area contributed by atoms with Crippen LogP contribution >= 0.6 is 0 Å². The number of rotatable bonds is 11. The van der Waals surface area contributed by atoms with Gasteiger partial charge in [0.2, 0.25) is 0 Å². The fraction of sp³-hybridized carbons (Fsp3) is 0.647. The number of hydrogen-bond donors (Lipinski definition) is 2. The lowest BCUT2D eigenvalue weighted by Gasteiger charge is -2.15. The predicted molar refractivity (Wildman–Crippen MR) is 86.0 cm³/mol. The Bertz CT molecular complexity index is 396. The van der Waals surface area contributed by atoms with E-state index in [1.54, 1.807) is 0 Å². The SMILES string of the molecule is CCCCOCCNCC(O)COc1cc(C)ccc1C. The van der Waals surface area contributed by atoms with Gasteiger partial charge in [0.1, 0.15) is 18.5 Å². The number of ether oxygens (including phenoxy) is 2. The van der Waals surface area contributed by atoms with E-state index in [1.165, 1.54) is 0 Å². The zero-order valence-electron chi connectivity index (χ0n) is 13.5. The molecule has 0 bridgehead atoms. The van der Waals surface area contributed by atoms with Gasteiger partial charge < -0.3 is 19.9 Å². The summed E-state index contributed by atoms with van der Waals surface area (Å²) in [6, 6.07) is 6.08. The van der Waals surface area contributed by atoms with Crippen molar-refractivity contribution in [2.75, 3.05) is 32.9 Å². The van der Waals surface area contributed by atoms with Crippen LogP contribution in [0.4, 0.5) is 0 Å². The Balaban J connectivity index is 2.11. The molecule has 0 heterocycles. The second-order valence-corrected chi connectivity index (χ2v) is 5.40. The number of aliphatic hydroxyl groups is 1. The van der Waals surface area contributed by atoms with Crippen molar-refractivity contribution in [2.24, 2.45) is 0 Å². The molecule has 0 spiro atoms. The van der Waals surface area contributed by atoms with E-state index in [4.69, 9.17) is 9.47 Å². The Hall–Kier alpha value is -1.10. The van der Waals surface area contributed by atoms with Crippen LogP contribution in [0.5, 0.6) is 5.75 Å². The quantitative estimate of drug-likeness (QED) is 0.616. The zero-order chi connectivity index (χ0) is 15.5. The van der Waals surface area contributed by atoms with E-state index < -0.39 is 6.10 Å². The van der Waals surface area contributed by atoms with Crippen LogP contribution in [0.2, 0.25) is 0 Å². The first-order valence-electron chi connectivity index (χ1n) is 7.80. The number of aryl methyl sites for hydroxylation is 2. The summed E-state index contributed by atoms with van der Waals surface area (Å²) in [5.41, 5.74) is 2.25. The Kier molecular flexibility index (Phi) is 9.06. The van der Waals surface area contributed by atoms with Crippen LogP contribution in [0.15, 0.2) is 18.2 Å². The third kappa shape index (κ3) is 8.05. The fourth-order valence-electron chi connectivity index (χ4n) is 1.87. The highest BCUT2D eigenvalue weighted by molar-refractivity contribution is 5.35. The van der Waals surface area contributed by atoms with Crippen molar-refractivity contribution < 1.29 is 14.6 Å². The molecule has 1 atom stereocenters. The van der Waals surface area contributed by atoms with Crippen LogP contribution in [0.1, 0.15) is 30.9 Å². The van der Waals surface area contributed by atoms with Gasteiger partial charge in [0.25, 0.3) is 0 Å². The summed E-state index contributed by atoms with van der Waals surface area (Å²) in [6.07, 6.45) is 1.74. The lowest BCUT2D eigenvalue weighted by atomic mass is 10.1. The van der Waals surface area contributed by atoms with Crippen LogP contribution in [0.25, 0.3) is 0 Å². The maximum Gasteiger partial charge on any atom is 0.122 e. The van der Waals surface area contributed by atoms with Gasteiger partial charge in [-0.3, -0.25) is 0 Å². The summed E-state index contributed by atoms with van der Waals surface area (Å²) in [7, 11) is 0. The summed E-state index contributed by atoms with van der Waals surface area (Å²) in [4.78, 5) is 0. The monoisotopic (exact) mass is 295 g/mol. The first kappa shape index (κ1) is 18.0. The molecule has 0 amide bonds. The van der Waals surface area contributed by atoms with E-state index in [9.17, 15) is 5.11 Å². The fourth-order valence-corrected chi connectivity index (χ4v) is 1.87. The molecule has 0 fully saturated rings. The van der Waals surface area contributed by atoms with Crippen molar-refractivity contribution in [3.63, 3.8) is 0 Å². The number of hydrogen-bond acceptors (Lipinski definition) is 4. The van der Waals surface area contributed by atoms with Crippen LogP contribution < -0.4 is 10.1 Å². The molecule has 1 aromatic rings. The molecule has 1 unspecified atom stereocenters. The average Bonchev–Trinajstić information content (AvgIpc) is 2.47. The largest absolute Gasteiger partial charge is 0.491 e. The van der Waals surface area contributed by atoms with Gasteiger partial charge >= 0.3 is 0 Å². The molecule has 4 nitrogen and oxygen atoms in total. The van der Waals surface area contributed by atoms with Gasteiger partial charge in [-0.1, -0.05) is 25.5 Å². The van der Waals surface area contributed by atoms with Gasteiger partial charge in [0, 0.05) is 19.7 Å². The van der Waals surface area contributed by atoms with E-state index in [-0.39, 0.29) is 0 Å². The molecule has 0 aliphatic rings. The van der Waals surface area contributed by atoms with Crippen LogP contribution in [0, 0.1) is 13.8 Å². The smallest absolute Gasteiger partial charge is 0.122 e. The molecule has 0 aliphatic heterocycles. The minimum absolute atomic E-state index is 0.300. The second kappa shape index (κ2) is 10.6. The van der Waals surface area contributed by atoms with Gasteiger partial charge in [-0.15, -0.1) is 0 Å². The zero-order valence-corrected chi connectivity index (χ0v) is 13.5. The molecule has 4 heteroatoms. The third-order valence-electron chi connectivity index (χ3n) is 3.22. The van der Waals surface area contributed by atoms with Crippen LogP contribution in [0.3, 0.4) is 0 Å². The summed E-state index contributed by atoms with van der Waals surface area (Å²) >= 11 is 0. The predicted octanol–water partition coefficient (Wildman–Crippen LogP) is 2.45. The first-order valence-corrected chi connectivity index (χ1v) is 7.80. The van der Waals surface area contributed by atoms with Crippen molar-refractivity contribution in [1.82, 2.24) is 5.32 Å². The van der Waals surface area contributed by atoms with Crippen molar-refractivity contribution in [1.29, 1.82) is 0 Å². The minimum Gasteiger partial charge on any atom is -0.491 e. The number of aliphatic hydroxyl groups excluding tert-OH is 1. The summed E-state index contributed by atoms with van der Waals surface area (Å²) in [6.45, 7) is 9.26. The topological polar surface area (TPSA) is 50.7 Å². The maximum absolute atomic E-state index is 9.88. The molecular formula is C17H29NO3. The molecule has 0 aromatic heterocycles. The maximum atomic E-state index is 9.88. The molecule has 1 rings (SSSR count). The van der Waals surface area contributed by atoms with Crippen LogP contribution in [-0.2, 0) is 4.74 Å². The second-order valence-electron chi connectivity index (χ2n) is 5.40. The number of unbranched alkanes of at least 4 members (excludes halogenated alkanes) is 1. The lowest BCUT2D eigenvalue weighted by Crippen LogP contribution is -2.33. The Morgan fingerprint density at radius 3 is 2.81 bits per heavy atom. The molecule has 120 valence electrons. The lowest BCUT2D eigenvalue weighted by molar-refractivity contribution is 0.0979. The van der Waals surface area contributed by atoms with Gasteiger partial charge in [-0.25, -0.2) is 0 Å². The molecule has 0 radical (unpaired) electrons. The summed E-state index contributed by atoms with van der Waals surface area (Å²) < 4.78 is 11.1. The molecule has 1 aromatic carbocycles. The highest BCUT2D eigenvalue weighted by Gasteiger charge is 2.06. The van der Waals surface area contributed by atoms with Crippen LogP contribution in [-0.4, -0.2) is 44.1 Å². The molecule has 21 heavy (non-hydrogen) atoms. The van der Waals surface area contributed by atoms with E-state index in [2.05, 4.69) is 18.3 Å². The molecule has 2 N–H and O–H groups in total. The summed E-state index contributed by atoms with van der Waals surface area (Å²) in [5, 5.41) is 13.1. The van der Waals surface area contributed by atoms with Gasteiger partial charge in [0.05, 0.1) is 6.61 Å². The van der Waals surface area contributed by atoms with Gasteiger partial charge in [0.15, 0.2) is 0 Å². The summed E-state index contributed by atoms with van der Waals surface area (Å²) in [5.74, 6) is 0.844. The standard InChI is InChI=1S/C17H29NO3/c1-4-5-9-20-10-8-18-12-16(19)13-21-17-11-14(2)6-7-15(17)3/h6-7,11,16,18-19H,4-5,8-10,12-13H2,1-3H3. The van der Waals surface area contributed by atoms with Crippen molar-refractivity contribution in [3.05, 3.63) is 29.3 Å². The van der Waals surface area contributed by atoms with E-state index in [0.29, 0.717) is 19.8 Å². The van der Waals surface area contributed by atoms with E-state index in [0.717, 1.165) is 42.9 Å². The molecule has 0 aliphatic carbocycles. The van der Waals surface area contributed by atoms with Crippen molar-refractivity contribution >= 4 is 0 Å². The van der Waals surface area contributed by atoms with Crippen molar-refractivity contribution in [3.8, 4) is 5.75 Å². The van der Waals surface area contributed by atoms with E-state index >= 15 is 0 Å². The third-order valence-corrected chi connectivity index (χ3v) is 3.22. The normalized spacial score (nSPS) is 12.4. The van der Waals surface area contributed by atoms with Gasteiger partial charge in [-0.2, -0.15) is 0 Å². The average molecular weight is 295 g/mol. The van der Waals surface area contributed by atoms with Crippen molar-refractivity contribution in [2.45, 2.75) is 39.7 Å². The highest BCUT2D eigenvalue weighted by Crippen LogP contribution is 2.19. The Labute approximate surface area is 128 Å². The minimum atomic E-state index is -0.513. The molecule has 0 saturated carbocycles. The molecule has 0 saturated heterocycles. The van der Waals surface area contributed by atoms with E-state index in [1.807, 2.05) is 26.0 Å². The highest BCUT2D eigenvalue weighted by atomic mass is 16.5. The molecular weight excluding hydrogens is 266 g/mol. The first-order chi connectivity index (χ1) is 10.1. The number of nitrogens with one attached hydrogen (secondary N) is 1. The Morgan fingerprint density at radius 2 is 2.05 bits per heavy atom.